The molecule has 3 heterocycles. The fourth-order valence-electron chi connectivity index (χ4n) is 6.18. The number of aliphatic carboxylic acids is 1. The Hall–Kier alpha value is -4.31. The molecule has 3 aliphatic heterocycles. The molecule has 3 aliphatic rings. The molecule has 3 N–H and O–H groups in total. The highest BCUT2D eigenvalue weighted by Gasteiger charge is 2.46. The highest BCUT2D eigenvalue weighted by Crippen LogP contribution is 2.29. The van der Waals surface area contributed by atoms with Gasteiger partial charge in [-0.3, -0.25) is 19.2 Å². The van der Waals surface area contributed by atoms with Crippen LogP contribution < -0.4 is 10.5 Å². The molecule has 0 bridgehead atoms. The van der Waals surface area contributed by atoms with Gasteiger partial charge >= 0.3 is 5.97 Å². The lowest BCUT2D eigenvalue weighted by atomic mass is 10.0. The lowest BCUT2D eigenvalue weighted by Crippen LogP contribution is -2.68. The van der Waals surface area contributed by atoms with Crippen molar-refractivity contribution in [2.24, 2.45) is 11.7 Å². The van der Waals surface area contributed by atoms with E-state index in [9.17, 15) is 42.3 Å². The number of amides is 4. The Kier molecular flexibility index (Phi) is 11.1. The topological polar surface area (TPSA) is 154 Å². The molecule has 5 rings (SSSR count). The second-order valence-corrected chi connectivity index (χ2v) is 13.9. The number of benzene rings is 2. The number of ether oxygens (including phenoxy) is 1. The monoisotopic (exact) mass is 705 g/mol. The van der Waals surface area contributed by atoms with E-state index in [1.807, 2.05) is 0 Å². The first kappa shape index (κ1) is 36.0. The van der Waals surface area contributed by atoms with Crippen molar-refractivity contribution in [2.75, 3.05) is 38.5 Å². The molecule has 264 valence electrons. The van der Waals surface area contributed by atoms with Crippen LogP contribution in [0, 0.1) is 23.4 Å². The number of rotatable bonds is 11. The molecule has 3 fully saturated rings. The number of fused-ring (bicyclic) bond motifs is 1. The first-order valence-electron chi connectivity index (χ1n) is 15.9. The summed E-state index contributed by atoms with van der Waals surface area (Å²) >= 11 is 1.26. The average Bonchev–Trinajstić information content (AvgIpc) is 3.55. The van der Waals surface area contributed by atoms with Crippen LogP contribution in [-0.2, 0) is 36.9 Å². The summed E-state index contributed by atoms with van der Waals surface area (Å²) in [5.74, 6) is -5.45. The summed E-state index contributed by atoms with van der Waals surface area (Å²) in [6.07, 6.45) is -1.50. The van der Waals surface area contributed by atoms with Crippen molar-refractivity contribution in [3.63, 3.8) is 0 Å². The van der Waals surface area contributed by atoms with Gasteiger partial charge < -0.3 is 35.2 Å². The number of nitrogens with two attached hydrogens (primary N) is 1. The normalized spacial score (nSPS) is 20.8. The van der Waals surface area contributed by atoms with Gasteiger partial charge in [-0.2, -0.15) is 0 Å². The molecule has 0 aliphatic carbocycles. The Balaban J connectivity index is 1.19. The predicted octanol–water partition coefficient (Wildman–Crippen LogP) is 1.84. The first-order chi connectivity index (χ1) is 23.2. The summed E-state index contributed by atoms with van der Waals surface area (Å²) in [5.41, 5.74) is 6.61. The van der Waals surface area contributed by atoms with Crippen molar-refractivity contribution in [1.29, 1.82) is 0 Å². The van der Waals surface area contributed by atoms with Crippen LogP contribution in [0.15, 0.2) is 36.4 Å². The second kappa shape index (κ2) is 15.1. The molecular formula is C33H38F3N5O7S. The Morgan fingerprint density at radius 3 is 2.39 bits per heavy atom. The highest BCUT2D eigenvalue weighted by atomic mass is 32.2. The van der Waals surface area contributed by atoms with Crippen molar-refractivity contribution in [1.82, 2.24) is 19.6 Å². The number of carbonyl (C=O) groups excluding carboxylic acids is 4. The summed E-state index contributed by atoms with van der Waals surface area (Å²) < 4.78 is 46.6. The fraction of sp³-hybridized carbons (Fsp3) is 0.485. The van der Waals surface area contributed by atoms with Crippen LogP contribution in [-0.4, -0.2) is 116 Å². The Morgan fingerprint density at radius 1 is 1.02 bits per heavy atom. The molecule has 3 saturated heterocycles. The van der Waals surface area contributed by atoms with E-state index in [1.54, 1.807) is 38.1 Å². The van der Waals surface area contributed by atoms with E-state index >= 15 is 0 Å². The minimum atomic E-state index is -1.33. The standard InChI is InChI=1S/C33H38F3N5O7S/c1-18(2)29(33(46)47)48-22-5-3-19(4-6-22)15-39-17-28(43)40-8-7-38(16-26(40)30(39)44)31(45)32-41(9-10-49-32)27(42)13-21(37)11-20-12-24(35)25(36)14-23(20)34/h3-6,12,14,18,21,26,29,32H,7-11,13,15-17,37H2,1-2H3,(H,46,47)/t21-,26?,29?,32?/m1/s1. The van der Waals surface area contributed by atoms with E-state index in [0.717, 1.165) is 0 Å². The Morgan fingerprint density at radius 2 is 1.71 bits per heavy atom. The third-order valence-electron chi connectivity index (χ3n) is 8.77. The zero-order valence-electron chi connectivity index (χ0n) is 27.0. The molecule has 4 amide bonds. The van der Waals surface area contributed by atoms with Crippen LogP contribution in [0.2, 0.25) is 0 Å². The van der Waals surface area contributed by atoms with E-state index in [-0.39, 0.29) is 81.3 Å². The molecular weight excluding hydrogens is 667 g/mol. The quantitative estimate of drug-likeness (QED) is 0.334. The van der Waals surface area contributed by atoms with Gasteiger partial charge in [0.25, 0.3) is 5.91 Å². The first-order valence-corrected chi connectivity index (χ1v) is 16.9. The van der Waals surface area contributed by atoms with Gasteiger partial charge in [-0.25, -0.2) is 18.0 Å². The molecule has 4 atom stereocenters. The maximum absolute atomic E-state index is 14.1. The number of piperazine rings is 2. The van der Waals surface area contributed by atoms with Gasteiger partial charge in [0.1, 0.15) is 24.2 Å². The SMILES string of the molecule is CC(C)C(Oc1ccc(CN2CC(=O)N3CCN(C(=O)C4SCCN4C(=O)C[C@H](N)Cc4cc(F)c(F)cc4F)CC3C2=O)cc1)C(=O)O. The van der Waals surface area contributed by atoms with Crippen LogP contribution in [0.1, 0.15) is 31.4 Å². The van der Waals surface area contributed by atoms with Crippen molar-refractivity contribution < 1.29 is 47.0 Å². The lowest BCUT2D eigenvalue weighted by molar-refractivity contribution is -0.162. The number of carboxylic acid groups (broad SMARTS) is 1. The third-order valence-corrected chi connectivity index (χ3v) is 9.96. The largest absolute Gasteiger partial charge is 0.478 e. The summed E-state index contributed by atoms with van der Waals surface area (Å²) in [4.78, 5) is 70.8. The van der Waals surface area contributed by atoms with Gasteiger partial charge in [0.15, 0.2) is 23.1 Å². The number of thioether (sulfide) groups is 1. The summed E-state index contributed by atoms with van der Waals surface area (Å²) in [7, 11) is 0. The number of carboxylic acids is 1. The van der Waals surface area contributed by atoms with Crippen LogP contribution in [0.25, 0.3) is 0 Å². The average molecular weight is 706 g/mol. The zero-order valence-corrected chi connectivity index (χ0v) is 27.8. The van der Waals surface area contributed by atoms with E-state index in [0.29, 0.717) is 29.2 Å². The molecule has 0 radical (unpaired) electrons. The molecule has 12 nitrogen and oxygen atoms in total. The minimum absolute atomic E-state index is 0.0491. The molecule has 0 saturated carbocycles. The number of nitrogens with zero attached hydrogens (tertiary/aromatic N) is 4. The van der Waals surface area contributed by atoms with E-state index in [4.69, 9.17) is 10.5 Å². The van der Waals surface area contributed by atoms with Crippen molar-refractivity contribution in [3.8, 4) is 5.75 Å². The Bertz CT molecular complexity index is 1610. The van der Waals surface area contributed by atoms with E-state index in [2.05, 4.69) is 0 Å². The van der Waals surface area contributed by atoms with Gasteiger partial charge in [0, 0.05) is 56.4 Å². The van der Waals surface area contributed by atoms with E-state index < -0.39 is 52.9 Å². The molecule has 0 aromatic heterocycles. The van der Waals surface area contributed by atoms with Crippen LogP contribution in [0.3, 0.4) is 0 Å². The lowest BCUT2D eigenvalue weighted by Gasteiger charge is -2.46. The van der Waals surface area contributed by atoms with Crippen molar-refractivity contribution >= 4 is 41.4 Å². The van der Waals surface area contributed by atoms with Crippen LogP contribution in [0.5, 0.6) is 5.75 Å². The third kappa shape index (κ3) is 8.12. The molecule has 2 aromatic carbocycles. The van der Waals surface area contributed by atoms with Crippen LogP contribution >= 0.6 is 11.8 Å². The molecule has 16 heteroatoms. The van der Waals surface area contributed by atoms with E-state index in [1.165, 1.54) is 31.4 Å². The van der Waals surface area contributed by atoms with Crippen molar-refractivity contribution in [2.45, 2.75) is 56.8 Å². The highest BCUT2D eigenvalue weighted by molar-refractivity contribution is 8.00. The van der Waals surface area contributed by atoms with Gasteiger partial charge in [-0.05, 0) is 35.7 Å². The summed E-state index contributed by atoms with van der Waals surface area (Å²) in [6, 6.07) is 5.92. The smallest absolute Gasteiger partial charge is 0.345 e. The van der Waals surface area contributed by atoms with Crippen LogP contribution in [0.4, 0.5) is 13.2 Å². The molecule has 49 heavy (non-hydrogen) atoms. The van der Waals surface area contributed by atoms with Gasteiger partial charge in [-0.1, -0.05) is 26.0 Å². The van der Waals surface area contributed by atoms with Gasteiger partial charge in [0.2, 0.25) is 17.7 Å². The van der Waals surface area contributed by atoms with Crippen molar-refractivity contribution in [3.05, 3.63) is 65.0 Å². The number of hydrogen-bond donors (Lipinski definition) is 2. The summed E-state index contributed by atoms with van der Waals surface area (Å²) in [5, 5.41) is 8.51. The Labute approximate surface area is 285 Å². The zero-order chi connectivity index (χ0) is 35.6. The number of halogens is 3. The number of hydrogen-bond acceptors (Lipinski definition) is 8. The second-order valence-electron chi connectivity index (χ2n) is 12.7. The van der Waals surface area contributed by atoms with Gasteiger partial charge in [-0.15, -0.1) is 11.8 Å². The molecule has 3 unspecified atom stereocenters. The maximum atomic E-state index is 14.1. The molecule has 2 aromatic rings. The minimum Gasteiger partial charge on any atom is -0.478 e. The van der Waals surface area contributed by atoms with Gasteiger partial charge in [0.05, 0.1) is 6.54 Å². The molecule has 0 spiro atoms. The predicted molar refractivity (Wildman–Crippen MR) is 171 cm³/mol. The maximum Gasteiger partial charge on any atom is 0.345 e. The summed E-state index contributed by atoms with van der Waals surface area (Å²) in [6.45, 7) is 4.00. The number of carbonyl (C=O) groups is 5. The fourth-order valence-corrected chi connectivity index (χ4v) is 7.40.